The first-order valence-corrected chi connectivity index (χ1v) is 4.60. The van der Waals surface area contributed by atoms with Crippen LogP contribution in [-0.4, -0.2) is 18.0 Å². The van der Waals surface area contributed by atoms with Gasteiger partial charge in [0.2, 0.25) is 0 Å². The Morgan fingerprint density at radius 2 is 2.31 bits per heavy atom. The Morgan fingerprint density at radius 3 is 3.00 bits per heavy atom. The van der Waals surface area contributed by atoms with Crippen molar-refractivity contribution in [2.75, 3.05) is 7.11 Å². The fraction of sp³-hybridized carbons (Fsp3) is 0.0909. The number of oxazole rings is 1. The van der Waals surface area contributed by atoms with Gasteiger partial charge in [-0.05, 0) is 12.1 Å². The molecule has 2 aromatic rings. The Morgan fingerprint density at radius 1 is 1.50 bits per heavy atom. The molecule has 1 aromatic heterocycles. The van der Waals surface area contributed by atoms with Gasteiger partial charge in [0.1, 0.15) is 5.75 Å². The maximum Gasteiger partial charge on any atom is 0.271 e. The molecule has 5 nitrogen and oxygen atoms in total. The van der Waals surface area contributed by atoms with E-state index in [1.807, 2.05) is 0 Å². The van der Waals surface area contributed by atoms with E-state index >= 15 is 0 Å². The number of carbonyl (C=O) groups is 1. The topological polar surface area (TPSA) is 78.3 Å². The zero-order chi connectivity index (χ0) is 11.5. The molecule has 2 N–H and O–H groups in total. The maximum atomic E-state index is 11.1. The summed E-state index contributed by atoms with van der Waals surface area (Å²) in [6.45, 7) is 0. The SMILES string of the molecule is COc1cccc(-c2ocnc2C(N)=O)c1. The van der Waals surface area contributed by atoms with Gasteiger partial charge in [-0.3, -0.25) is 4.79 Å². The molecule has 0 aliphatic carbocycles. The van der Waals surface area contributed by atoms with Crippen LogP contribution in [0.5, 0.6) is 5.75 Å². The van der Waals surface area contributed by atoms with E-state index in [4.69, 9.17) is 14.9 Å². The third kappa shape index (κ3) is 1.75. The van der Waals surface area contributed by atoms with Crippen LogP contribution in [0, 0.1) is 0 Å². The van der Waals surface area contributed by atoms with Gasteiger partial charge in [-0.25, -0.2) is 4.98 Å². The fourth-order valence-electron chi connectivity index (χ4n) is 1.39. The molecule has 0 bridgehead atoms. The number of benzene rings is 1. The number of nitrogens with two attached hydrogens (primary N) is 1. The van der Waals surface area contributed by atoms with Crippen molar-refractivity contribution in [1.29, 1.82) is 0 Å². The number of rotatable bonds is 3. The molecular weight excluding hydrogens is 208 g/mol. The van der Waals surface area contributed by atoms with Crippen molar-refractivity contribution in [1.82, 2.24) is 4.98 Å². The molecule has 0 atom stereocenters. The van der Waals surface area contributed by atoms with E-state index in [9.17, 15) is 4.79 Å². The summed E-state index contributed by atoms with van der Waals surface area (Å²) in [6, 6.07) is 7.12. The Balaban J connectivity index is 2.50. The molecule has 0 saturated heterocycles. The van der Waals surface area contributed by atoms with Crippen LogP contribution < -0.4 is 10.5 Å². The van der Waals surface area contributed by atoms with Crippen LogP contribution in [0.4, 0.5) is 0 Å². The molecule has 82 valence electrons. The minimum absolute atomic E-state index is 0.119. The summed E-state index contributed by atoms with van der Waals surface area (Å²) < 4.78 is 10.2. The molecule has 16 heavy (non-hydrogen) atoms. The number of nitrogens with zero attached hydrogens (tertiary/aromatic N) is 1. The molecule has 2 rings (SSSR count). The van der Waals surface area contributed by atoms with Gasteiger partial charge in [0.15, 0.2) is 17.8 Å². The van der Waals surface area contributed by atoms with Crippen LogP contribution >= 0.6 is 0 Å². The van der Waals surface area contributed by atoms with Crippen molar-refractivity contribution < 1.29 is 13.9 Å². The molecule has 1 heterocycles. The molecule has 0 spiro atoms. The van der Waals surface area contributed by atoms with E-state index in [0.717, 1.165) is 0 Å². The van der Waals surface area contributed by atoms with Crippen LogP contribution in [0.15, 0.2) is 35.1 Å². The van der Waals surface area contributed by atoms with Gasteiger partial charge >= 0.3 is 0 Å². The van der Waals surface area contributed by atoms with Gasteiger partial charge in [0.05, 0.1) is 7.11 Å². The number of carbonyl (C=O) groups excluding carboxylic acids is 1. The Kier molecular flexibility index (Phi) is 2.59. The summed E-state index contributed by atoms with van der Waals surface area (Å²) in [5, 5.41) is 0. The average Bonchev–Trinajstić information content (AvgIpc) is 2.78. The highest BCUT2D eigenvalue weighted by atomic mass is 16.5. The second kappa shape index (κ2) is 4.06. The van der Waals surface area contributed by atoms with E-state index in [0.29, 0.717) is 17.1 Å². The fourth-order valence-corrected chi connectivity index (χ4v) is 1.39. The van der Waals surface area contributed by atoms with Gasteiger partial charge in [-0.2, -0.15) is 0 Å². The first-order valence-electron chi connectivity index (χ1n) is 4.60. The number of aromatic nitrogens is 1. The molecular formula is C11H10N2O3. The molecule has 0 aliphatic heterocycles. The van der Waals surface area contributed by atoms with E-state index in [1.54, 1.807) is 31.4 Å². The van der Waals surface area contributed by atoms with E-state index < -0.39 is 5.91 Å². The highest BCUT2D eigenvalue weighted by Crippen LogP contribution is 2.26. The Labute approximate surface area is 91.8 Å². The van der Waals surface area contributed by atoms with Crippen LogP contribution in [0.25, 0.3) is 11.3 Å². The number of ether oxygens (including phenoxy) is 1. The molecule has 1 amide bonds. The largest absolute Gasteiger partial charge is 0.497 e. The monoisotopic (exact) mass is 218 g/mol. The third-order valence-corrected chi connectivity index (χ3v) is 2.13. The Bertz CT molecular complexity index is 519. The summed E-state index contributed by atoms with van der Waals surface area (Å²) in [5.74, 6) is 0.405. The van der Waals surface area contributed by atoms with Crippen molar-refractivity contribution in [3.8, 4) is 17.1 Å². The summed E-state index contributed by atoms with van der Waals surface area (Å²) in [5.41, 5.74) is 5.99. The molecule has 0 aliphatic rings. The van der Waals surface area contributed by atoms with E-state index in [1.165, 1.54) is 6.39 Å². The summed E-state index contributed by atoms with van der Waals surface area (Å²) >= 11 is 0. The molecule has 0 fully saturated rings. The number of hydrogen-bond acceptors (Lipinski definition) is 4. The van der Waals surface area contributed by atoms with Crippen molar-refractivity contribution >= 4 is 5.91 Å². The van der Waals surface area contributed by atoms with Crippen molar-refractivity contribution in [3.05, 3.63) is 36.4 Å². The zero-order valence-electron chi connectivity index (χ0n) is 8.64. The minimum atomic E-state index is -0.619. The van der Waals surface area contributed by atoms with Gasteiger partial charge in [0, 0.05) is 5.56 Å². The average molecular weight is 218 g/mol. The van der Waals surface area contributed by atoms with Crippen LogP contribution in [-0.2, 0) is 0 Å². The predicted molar refractivity (Wildman–Crippen MR) is 57.0 cm³/mol. The first kappa shape index (κ1) is 10.2. The van der Waals surface area contributed by atoms with E-state index in [2.05, 4.69) is 4.98 Å². The first-order chi connectivity index (χ1) is 7.72. The minimum Gasteiger partial charge on any atom is -0.497 e. The maximum absolute atomic E-state index is 11.1. The highest BCUT2D eigenvalue weighted by molar-refractivity contribution is 5.96. The normalized spacial score (nSPS) is 10.1. The van der Waals surface area contributed by atoms with E-state index in [-0.39, 0.29) is 5.69 Å². The standard InChI is InChI=1S/C11H10N2O3/c1-15-8-4-2-3-7(5-8)10-9(11(12)14)13-6-16-10/h2-6H,1H3,(H2,12,14). The van der Waals surface area contributed by atoms with Crippen molar-refractivity contribution in [2.45, 2.75) is 0 Å². The van der Waals surface area contributed by atoms with Crippen LogP contribution in [0.3, 0.4) is 0 Å². The van der Waals surface area contributed by atoms with Crippen LogP contribution in [0.1, 0.15) is 10.5 Å². The lowest BCUT2D eigenvalue weighted by atomic mass is 10.1. The third-order valence-electron chi connectivity index (χ3n) is 2.13. The van der Waals surface area contributed by atoms with Gasteiger partial charge in [-0.1, -0.05) is 12.1 Å². The van der Waals surface area contributed by atoms with Crippen LogP contribution in [0.2, 0.25) is 0 Å². The van der Waals surface area contributed by atoms with Gasteiger partial charge in [0.25, 0.3) is 5.91 Å². The van der Waals surface area contributed by atoms with Crippen molar-refractivity contribution in [2.24, 2.45) is 5.73 Å². The molecule has 0 radical (unpaired) electrons. The lowest BCUT2D eigenvalue weighted by molar-refractivity contribution is 0.0996. The molecule has 0 unspecified atom stereocenters. The smallest absolute Gasteiger partial charge is 0.271 e. The predicted octanol–water partition coefficient (Wildman–Crippen LogP) is 1.45. The molecule has 1 aromatic carbocycles. The zero-order valence-corrected chi connectivity index (χ0v) is 8.64. The number of amides is 1. The lowest BCUT2D eigenvalue weighted by Gasteiger charge is -2.02. The summed E-state index contributed by atoms with van der Waals surface area (Å²) in [4.78, 5) is 14.8. The quantitative estimate of drug-likeness (QED) is 0.845. The molecule has 5 heteroatoms. The number of primary amides is 1. The Hall–Kier alpha value is -2.30. The van der Waals surface area contributed by atoms with Gasteiger partial charge < -0.3 is 14.9 Å². The highest BCUT2D eigenvalue weighted by Gasteiger charge is 2.15. The van der Waals surface area contributed by atoms with Crippen molar-refractivity contribution in [3.63, 3.8) is 0 Å². The molecule has 0 saturated carbocycles. The lowest BCUT2D eigenvalue weighted by Crippen LogP contribution is -2.12. The number of methoxy groups -OCH3 is 1. The van der Waals surface area contributed by atoms with Gasteiger partial charge in [-0.15, -0.1) is 0 Å². The second-order valence-corrected chi connectivity index (χ2v) is 3.13. The number of hydrogen-bond donors (Lipinski definition) is 1. The summed E-state index contributed by atoms with van der Waals surface area (Å²) in [6.07, 6.45) is 1.19. The summed E-state index contributed by atoms with van der Waals surface area (Å²) in [7, 11) is 1.56. The second-order valence-electron chi connectivity index (χ2n) is 3.13.